The van der Waals surface area contributed by atoms with Crippen molar-refractivity contribution in [3.63, 3.8) is 0 Å². The van der Waals surface area contributed by atoms with Crippen molar-refractivity contribution in [3.8, 4) is 0 Å². The van der Waals surface area contributed by atoms with Crippen LogP contribution in [0.1, 0.15) is 67.7 Å². The number of ketones is 1. The van der Waals surface area contributed by atoms with E-state index in [0.29, 0.717) is 6.42 Å². The second kappa shape index (κ2) is 12.1. The standard InChI is InChI=1S/C19H37NO8S2/c1-14(2)16(20-17(22)28-18(3,4)5)15(21)9-10-19(6,7)13-27-30(25,26)12-8-11-29(23)24/h14,16H,8-13H2,1-7H3,(H,20,22)(H,23,24)/p-1/t16-/m0/s1. The van der Waals surface area contributed by atoms with Gasteiger partial charge in [-0.2, -0.15) is 8.42 Å². The minimum absolute atomic E-state index is 0.0379. The van der Waals surface area contributed by atoms with Crippen LogP contribution in [-0.4, -0.2) is 58.8 Å². The summed E-state index contributed by atoms with van der Waals surface area (Å²) in [4.78, 5) is 24.7. The molecule has 11 heteroatoms. The molecule has 0 saturated carbocycles. The zero-order chi connectivity index (χ0) is 23.8. The molecular formula is C19H36NO8S2-. The van der Waals surface area contributed by atoms with E-state index in [1.54, 1.807) is 34.6 Å². The van der Waals surface area contributed by atoms with E-state index in [1.165, 1.54) is 0 Å². The number of amides is 1. The lowest BCUT2D eigenvalue weighted by molar-refractivity contribution is -0.122. The summed E-state index contributed by atoms with van der Waals surface area (Å²) in [6.45, 7) is 12.2. The quantitative estimate of drug-likeness (QED) is 0.320. The van der Waals surface area contributed by atoms with E-state index >= 15 is 0 Å². The number of ether oxygens (including phenoxy) is 1. The first-order valence-electron chi connectivity index (χ1n) is 9.89. The molecule has 0 spiro atoms. The van der Waals surface area contributed by atoms with Gasteiger partial charge in [-0.15, -0.1) is 0 Å². The molecule has 178 valence electrons. The van der Waals surface area contributed by atoms with Crippen molar-refractivity contribution in [3.05, 3.63) is 0 Å². The van der Waals surface area contributed by atoms with Crippen LogP contribution >= 0.6 is 0 Å². The minimum atomic E-state index is -3.84. The number of carbonyl (C=O) groups is 2. The molecule has 1 unspecified atom stereocenters. The number of nitrogens with one attached hydrogen (secondary N) is 1. The van der Waals surface area contributed by atoms with Gasteiger partial charge in [0.1, 0.15) is 5.60 Å². The second-order valence-corrected chi connectivity index (χ2v) is 12.2. The molecule has 1 N–H and O–H groups in total. The molecule has 0 aliphatic heterocycles. The van der Waals surface area contributed by atoms with E-state index in [9.17, 15) is 26.8 Å². The summed E-state index contributed by atoms with van der Waals surface area (Å²) in [7, 11) is -3.84. The van der Waals surface area contributed by atoms with Crippen molar-refractivity contribution in [2.45, 2.75) is 79.4 Å². The van der Waals surface area contributed by atoms with Crippen LogP contribution in [0.25, 0.3) is 0 Å². The Balaban J connectivity index is 4.71. The Bertz CT molecular complexity index is 696. The summed E-state index contributed by atoms with van der Waals surface area (Å²) in [5.41, 5.74) is -1.29. The van der Waals surface area contributed by atoms with Crippen LogP contribution in [-0.2, 0) is 34.9 Å². The largest absolute Gasteiger partial charge is 0.772 e. The third-order valence-electron chi connectivity index (χ3n) is 4.07. The number of hydrogen-bond donors (Lipinski definition) is 1. The lowest BCUT2D eigenvalue weighted by Crippen LogP contribution is -2.46. The molecule has 0 aliphatic carbocycles. The second-order valence-electron chi connectivity index (χ2n) is 9.38. The molecule has 0 aromatic heterocycles. The number of hydrogen-bond acceptors (Lipinski definition) is 8. The molecule has 0 aromatic carbocycles. The highest BCUT2D eigenvalue weighted by Crippen LogP contribution is 2.25. The maximum Gasteiger partial charge on any atom is 0.408 e. The normalized spacial score (nSPS) is 15.0. The maximum absolute atomic E-state index is 12.7. The Morgan fingerprint density at radius 1 is 1.13 bits per heavy atom. The molecule has 0 radical (unpaired) electrons. The van der Waals surface area contributed by atoms with Crippen molar-refractivity contribution < 1.29 is 35.7 Å². The predicted octanol–water partition coefficient (Wildman–Crippen LogP) is 2.53. The molecule has 0 aliphatic rings. The number of rotatable bonds is 13. The third kappa shape index (κ3) is 14.1. The first-order chi connectivity index (χ1) is 13.4. The van der Waals surface area contributed by atoms with Crippen molar-refractivity contribution in [1.82, 2.24) is 5.32 Å². The summed E-state index contributed by atoms with van der Waals surface area (Å²) < 4.78 is 54.9. The molecule has 0 fully saturated rings. The third-order valence-corrected chi connectivity index (χ3v) is 5.96. The van der Waals surface area contributed by atoms with Gasteiger partial charge < -0.3 is 14.6 Å². The molecule has 30 heavy (non-hydrogen) atoms. The molecule has 0 heterocycles. The lowest BCUT2D eigenvalue weighted by atomic mass is 9.86. The van der Waals surface area contributed by atoms with Gasteiger partial charge in [-0.1, -0.05) is 38.8 Å². The van der Waals surface area contributed by atoms with E-state index in [0.717, 1.165) is 0 Å². The monoisotopic (exact) mass is 470 g/mol. The minimum Gasteiger partial charge on any atom is -0.772 e. The molecule has 9 nitrogen and oxygen atoms in total. The first-order valence-corrected chi connectivity index (χ1v) is 12.7. The summed E-state index contributed by atoms with van der Waals surface area (Å²) >= 11 is -2.29. The zero-order valence-corrected chi connectivity index (χ0v) is 20.6. The van der Waals surface area contributed by atoms with Gasteiger partial charge in [0.25, 0.3) is 10.1 Å². The van der Waals surface area contributed by atoms with Crippen molar-refractivity contribution in [2.24, 2.45) is 11.3 Å². The molecule has 0 bridgehead atoms. The molecule has 1 amide bonds. The van der Waals surface area contributed by atoms with Crippen molar-refractivity contribution >= 4 is 33.1 Å². The summed E-state index contributed by atoms with van der Waals surface area (Å²) in [6, 6.07) is -0.715. The Hall–Kier alpha value is -1.04. The average Bonchev–Trinajstić information content (AvgIpc) is 2.54. The maximum atomic E-state index is 12.7. The van der Waals surface area contributed by atoms with E-state index < -0.39 is 44.3 Å². The van der Waals surface area contributed by atoms with E-state index in [4.69, 9.17) is 8.92 Å². The van der Waals surface area contributed by atoms with E-state index in [1.807, 2.05) is 13.8 Å². The van der Waals surface area contributed by atoms with Crippen molar-refractivity contribution in [2.75, 3.05) is 18.1 Å². The summed E-state index contributed by atoms with van der Waals surface area (Å²) in [5, 5.41) is 2.61. The Morgan fingerprint density at radius 2 is 1.70 bits per heavy atom. The van der Waals surface area contributed by atoms with Crippen LogP contribution < -0.4 is 5.32 Å². The van der Waals surface area contributed by atoms with Crippen molar-refractivity contribution in [1.29, 1.82) is 0 Å². The van der Waals surface area contributed by atoms with Gasteiger partial charge in [0.05, 0.1) is 18.4 Å². The van der Waals surface area contributed by atoms with Gasteiger partial charge in [-0.3, -0.25) is 13.2 Å². The van der Waals surface area contributed by atoms with Gasteiger partial charge in [0.15, 0.2) is 5.78 Å². The Morgan fingerprint density at radius 3 is 2.17 bits per heavy atom. The number of Topliss-reactive ketones (excluding diaryl/α,β-unsaturated/α-hetero) is 1. The van der Waals surface area contributed by atoms with Gasteiger partial charge in [-0.05, 0) is 44.9 Å². The predicted molar refractivity (Wildman–Crippen MR) is 114 cm³/mol. The smallest absolute Gasteiger partial charge is 0.408 e. The topological polar surface area (TPSA) is 139 Å². The van der Waals surface area contributed by atoms with Gasteiger partial charge in [0, 0.05) is 12.2 Å². The van der Waals surface area contributed by atoms with Gasteiger partial charge in [-0.25, -0.2) is 4.79 Å². The zero-order valence-electron chi connectivity index (χ0n) is 19.0. The Kier molecular flexibility index (Phi) is 11.7. The number of alkyl carbamates (subject to hydrolysis) is 1. The highest BCUT2D eigenvalue weighted by Gasteiger charge is 2.29. The molecule has 0 aromatic rings. The van der Waals surface area contributed by atoms with Crippen LogP contribution in [0, 0.1) is 11.3 Å². The molecule has 0 rings (SSSR count). The van der Waals surface area contributed by atoms with Crippen LogP contribution in [0.15, 0.2) is 0 Å². The summed E-state index contributed by atoms with van der Waals surface area (Å²) in [5.74, 6) is -0.950. The van der Waals surface area contributed by atoms with E-state index in [2.05, 4.69) is 5.32 Å². The van der Waals surface area contributed by atoms with Gasteiger partial charge in [0.2, 0.25) is 0 Å². The molecule has 0 saturated heterocycles. The first kappa shape index (κ1) is 29.0. The van der Waals surface area contributed by atoms with Gasteiger partial charge >= 0.3 is 6.09 Å². The number of carbonyl (C=O) groups excluding carboxylic acids is 2. The SMILES string of the molecule is CC(C)[C@H](NC(=O)OC(C)(C)C)C(=O)CCC(C)(C)COS(=O)(=O)CCCS(=O)[O-]. The highest BCUT2D eigenvalue weighted by molar-refractivity contribution is 7.86. The average molecular weight is 471 g/mol. The molecular weight excluding hydrogens is 434 g/mol. The lowest BCUT2D eigenvalue weighted by Gasteiger charge is -2.27. The fourth-order valence-corrected chi connectivity index (χ4v) is 4.08. The van der Waals surface area contributed by atoms with Crippen LogP contribution in [0.5, 0.6) is 0 Å². The highest BCUT2D eigenvalue weighted by atomic mass is 32.2. The molecule has 2 atom stereocenters. The van der Waals surface area contributed by atoms with Crippen LogP contribution in [0.4, 0.5) is 4.79 Å². The fraction of sp³-hybridized carbons (Fsp3) is 0.895. The van der Waals surface area contributed by atoms with E-state index in [-0.39, 0.29) is 42.7 Å². The fourth-order valence-electron chi connectivity index (χ4n) is 2.40. The van der Waals surface area contributed by atoms with Crippen LogP contribution in [0.3, 0.4) is 0 Å². The Labute approximate surface area is 183 Å². The van der Waals surface area contributed by atoms with Crippen LogP contribution in [0.2, 0.25) is 0 Å². The summed E-state index contributed by atoms with van der Waals surface area (Å²) in [6.07, 6.45) is -0.221.